The van der Waals surface area contributed by atoms with Crippen LogP contribution in [0.2, 0.25) is 0 Å². The molecule has 4 aliphatic rings. The van der Waals surface area contributed by atoms with E-state index in [0.717, 1.165) is 6.54 Å². The molecule has 24 heavy (non-hydrogen) atoms. The van der Waals surface area contributed by atoms with Crippen molar-refractivity contribution in [1.29, 1.82) is 0 Å². The summed E-state index contributed by atoms with van der Waals surface area (Å²) in [6, 6.07) is 10.5. The topological polar surface area (TPSA) is 32.7 Å². The van der Waals surface area contributed by atoms with Gasteiger partial charge < -0.3 is 14.7 Å². The molecule has 3 heterocycles. The lowest BCUT2D eigenvalue weighted by atomic mass is 9.78. The molecule has 1 N–H and O–H groups in total. The quantitative estimate of drug-likeness (QED) is 0.879. The van der Waals surface area contributed by atoms with Crippen LogP contribution in [0.5, 0.6) is 0 Å². The highest BCUT2D eigenvalue weighted by atomic mass is 35.5. The van der Waals surface area contributed by atoms with Crippen LogP contribution in [0.1, 0.15) is 44.1 Å². The third-order valence-electron chi connectivity index (χ3n) is 6.47. The van der Waals surface area contributed by atoms with E-state index in [1.54, 1.807) is 0 Å². The summed E-state index contributed by atoms with van der Waals surface area (Å²) < 4.78 is 6.84. The van der Waals surface area contributed by atoms with Crippen molar-refractivity contribution in [3.63, 3.8) is 0 Å². The fourth-order valence-electron chi connectivity index (χ4n) is 5.08. The molecule has 1 aliphatic carbocycles. The van der Waals surface area contributed by atoms with Crippen molar-refractivity contribution >= 4 is 12.4 Å². The van der Waals surface area contributed by atoms with Crippen molar-refractivity contribution in [2.45, 2.75) is 50.2 Å². The van der Waals surface area contributed by atoms with Gasteiger partial charge in [0.1, 0.15) is 5.60 Å². The van der Waals surface area contributed by atoms with E-state index in [4.69, 9.17) is 4.74 Å². The summed E-state index contributed by atoms with van der Waals surface area (Å²) in [6.45, 7) is 3.60. The summed E-state index contributed by atoms with van der Waals surface area (Å²) in [6.07, 6.45) is 7.68. The van der Waals surface area contributed by atoms with Crippen LogP contribution in [-0.4, -0.2) is 42.4 Å². The van der Waals surface area contributed by atoms with Crippen LogP contribution in [0, 0.1) is 11.8 Å². The molecule has 0 amide bonds. The number of fused-ring (bicyclic) bond motifs is 3. The van der Waals surface area contributed by atoms with Gasteiger partial charge in [-0.15, -0.1) is 12.4 Å². The number of nitrogens with zero attached hydrogens (tertiary/aromatic N) is 1. The number of halogens is 1. The maximum atomic E-state index is 10.5. The molecule has 2 atom stereocenters. The summed E-state index contributed by atoms with van der Waals surface area (Å²) in [7, 11) is 0. The molecule has 4 fully saturated rings. The molecule has 134 valence electrons. The monoisotopic (exact) mass is 351 g/mol. The normalized spacial score (nSPS) is 32.3. The maximum absolute atomic E-state index is 10.5. The minimum absolute atomic E-state index is 0. The van der Waals surface area contributed by atoms with E-state index < -0.39 is 5.60 Å². The first-order valence-electron chi connectivity index (χ1n) is 9.38. The Balaban J connectivity index is 0.00000169. The summed E-state index contributed by atoms with van der Waals surface area (Å²) in [5.74, 6) is 1.13. The van der Waals surface area contributed by atoms with E-state index >= 15 is 0 Å². The minimum Gasteiger partial charge on any atom is -0.393 e. The number of piperidine rings is 3. The van der Waals surface area contributed by atoms with Gasteiger partial charge in [-0.3, -0.25) is 0 Å². The molecule has 3 nitrogen and oxygen atoms in total. The van der Waals surface area contributed by atoms with Crippen molar-refractivity contribution in [2.75, 3.05) is 26.2 Å². The Labute approximate surface area is 151 Å². The Morgan fingerprint density at radius 1 is 1.04 bits per heavy atom. The van der Waals surface area contributed by atoms with Gasteiger partial charge in [0.15, 0.2) is 0 Å². The average Bonchev–Trinajstić information content (AvgIpc) is 3.17. The Morgan fingerprint density at radius 3 is 2.25 bits per heavy atom. The zero-order chi connectivity index (χ0) is 15.7. The molecule has 3 saturated heterocycles. The van der Waals surface area contributed by atoms with E-state index in [9.17, 15) is 5.11 Å². The van der Waals surface area contributed by atoms with Crippen LogP contribution in [-0.2, 0) is 10.3 Å². The second kappa shape index (κ2) is 7.74. The molecule has 3 aliphatic heterocycles. The van der Waals surface area contributed by atoms with Gasteiger partial charge in [-0.05, 0) is 56.2 Å². The predicted octanol–water partition coefficient (Wildman–Crippen LogP) is 3.60. The SMILES string of the molecule is Cl.OCC(OC1CN2CCC1CC2)(c1ccccc1)C1CCCC1. The number of hydrogen-bond acceptors (Lipinski definition) is 3. The molecular weight excluding hydrogens is 322 g/mol. The molecule has 0 spiro atoms. The first kappa shape index (κ1) is 18.2. The van der Waals surface area contributed by atoms with Gasteiger partial charge in [0.2, 0.25) is 0 Å². The molecule has 0 radical (unpaired) electrons. The van der Waals surface area contributed by atoms with Crippen molar-refractivity contribution in [3.05, 3.63) is 35.9 Å². The predicted molar refractivity (Wildman–Crippen MR) is 98.4 cm³/mol. The summed E-state index contributed by atoms with van der Waals surface area (Å²) in [5.41, 5.74) is 0.673. The van der Waals surface area contributed by atoms with Crippen molar-refractivity contribution in [1.82, 2.24) is 4.90 Å². The van der Waals surface area contributed by atoms with Gasteiger partial charge in [0.25, 0.3) is 0 Å². The third kappa shape index (κ3) is 3.24. The van der Waals surface area contributed by atoms with E-state index in [-0.39, 0.29) is 25.1 Å². The molecule has 0 aromatic heterocycles. The van der Waals surface area contributed by atoms with Crippen molar-refractivity contribution in [3.8, 4) is 0 Å². The Kier molecular flexibility index (Phi) is 5.86. The van der Waals surface area contributed by atoms with E-state index in [1.165, 1.54) is 57.2 Å². The minimum atomic E-state index is -0.499. The number of aliphatic hydroxyl groups excluding tert-OH is 1. The summed E-state index contributed by atoms with van der Waals surface area (Å²) in [5, 5.41) is 10.5. The number of ether oxygens (including phenoxy) is 1. The van der Waals surface area contributed by atoms with Crippen LogP contribution in [0.4, 0.5) is 0 Å². The highest BCUT2D eigenvalue weighted by Crippen LogP contribution is 2.45. The highest BCUT2D eigenvalue weighted by Gasteiger charge is 2.47. The van der Waals surface area contributed by atoms with Crippen LogP contribution in [0.3, 0.4) is 0 Å². The van der Waals surface area contributed by atoms with Crippen LogP contribution in [0.25, 0.3) is 0 Å². The maximum Gasteiger partial charge on any atom is 0.119 e. The molecule has 1 aromatic rings. The van der Waals surface area contributed by atoms with Crippen LogP contribution >= 0.6 is 12.4 Å². The molecular formula is C20H30ClNO2. The molecule has 2 bridgehead atoms. The van der Waals surface area contributed by atoms with Gasteiger partial charge in [-0.1, -0.05) is 43.2 Å². The standard InChI is InChI=1S/C20H29NO2.ClH/c22-15-20(18-8-4-5-9-18,17-6-2-1-3-7-17)23-19-14-21-12-10-16(19)11-13-21;/h1-3,6-7,16,18-19,22H,4-5,8-15H2;1H. The Bertz CT molecular complexity index is 512. The zero-order valence-electron chi connectivity index (χ0n) is 14.4. The molecule has 1 saturated carbocycles. The van der Waals surface area contributed by atoms with Crippen LogP contribution < -0.4 is 0 Å². The molecule has 5 rings (SSSR count). The van der Waals surface area contributed by atoms with Crippen molar-refractivity contribution in [2.24, 2.45) is 11.8 Å². The number of benzene rings is 1. The number of aliphatic hydroxyl groups is 1. The fourth-order valence-corrected chi connectivity index (χ4v) is 5.08. The van der Waals surface area contributed by atoms with Gasteiger partial charge in [-0.2, -0.15) is 0 Å². The second-order valence-electron chi connectivity index (χ2n) is 7.69. The number of hydrogen-bond donors (Lipinski definition) is 1. The highest BCUT2D eigenvalue weighted by molar-refractivity contribution is 5.85. The lowest BCUT2D eigenvalue weighted by Crippen LogP contribution is -2.55. The van der Waals surface area contributed by atoms with Gasteiger partial charge in [-0.25, -0.2) is 0 Å². The van der Waals surface area contributed by atoms with Crippen LogP contribution in [0.15, 0.2) is 30.3 Å². The van der Waals surface area contributed by atoms with E-state index in [2.05, 4.69) is 35.2 Å². The zero-order valence-corrected chi connectivity index (χ0v) is 15.2. The third-order valence-corrected chi connectivity index (χ3v) is 6.47. The molecule has 1 aromatic carbocycles. The molecule has 2 unspecified atom stereocenters. The largest absolute Gasteiger partial charge is 0.393 e. The lowest BCUT2D eigenvalue weighted by molar-refractivity contribution is -0.196. The van der Waals surface area contributed by atoms with E-state index in [1.807, 2.05) is 0 Å². The smallest absolute Gasteiger partial charge is 0.119 e. The first-order valence-corrected chi connectivity index (χ1v) is 9.38. The summed E-state index contributed by atoms with van der Waals surface area (Å²) >= 11 is 0. The summed E-state index contributed by atoms with van der Waals surface area (Å²) in [4.78, 5) is 2.53. The first-order chi connectivity index (χ1) is 11.3. The Hall–Kier alpha value is -0.610. The van der Waals surface area contributed by atoms with E-state index in [0.29, 0.717) is 11.8 Å². The van der Waals surface area contributed by atoms with Crippen molar-refractivity contribution < 1.29 is 9.84 Å². The molecule has 4 heteroatoms. The fraction of sp³-hybridized carbons (Fsp3) is 0.700. The van der Waals surface area contributed by atoms with Gasteiger partial charge in [0, 0.05) is 6.54 Å². The van der Waals surface area contributed by atoms with Gasteiger partial charge >= 0.3 is 0 Å². The number of rotatable bonds is 5. The average molecular weight is 352 g/mol. The Morgan fingerprint density at radius 2 is 1.71 bits per heavy atom. The van der Waals surface area contributed by atoms with Gasteiger partial charge in [0.05, 0.1) is 12.7 Å². The second-order valence-corrected chi connectivity index (χ2v) is 7.69. The lowest BCUT2D eigenvalue weighted by Gasteiger charge is -2.49.